The molecule has 0 unspecified atom stereocenters. The minimum atomic E-state index is -0.693. The Morgan fingerprint density at radius 1 is 0.972 bits per heavy atom. The van der Waals surface area contributed by atoms with E-state index in [1.54, 1.807) is 18.3 Å². The molecule has 2 N–H and O–H groups in total. The van der Waals surface area contributed by atoms with Gasteiger partial charge in [0, 0.05) is 43.6 Å². The van der Waals surface area contributed by atoms with Gasteiger partial charge in [0.1, 0.15) is 6.61 Å². The maximum absolute atomic E-state index is 14.0. The average Bonchev–Trinajstić information content (AvgIpc) is 2.90. The first-order valence-electron chi connectivity index (χ1n) is 11.5. The molecule has 4 rings (SSSR count). The van der Waals surface area contributed by atoms with Gasteiger partial charge in [-0.05, 0) is 36.2 Å². The molecule has 2 amide bonds. The monoisotopic (exact) mass is 487 g/mol. The topological polar surface area (TPSA) is 96.5 Å². The molecule has 0 radical (unpaired) electrons. The quantitative estimate of drug-likeness (QED) is 0.330. The van der Waals surface area contributed by atoms with Gasteiger partial charge in [-0.2, -0.15) is 0 Å². The minimum Gasteiger partial charge on any atom is -0.445 e. The molecule has 0 fully saturated rings. The standard InChI is InChI=1S/C27H26FN5O3/c1-33(17-7-15-31-27(35)36-18-19-8-3-2-4-9-19)23-13-16-30-24-20(23)10-5-12-22(24)32-26(34)25-21(28)11-6-14-29-25/h2-6,8-14,16H,7,15,17-18H2,1H3,(H,31,35)(H,32,34). The van der Waals surface area contributed by atoms with Crippen LogP contribution in [0, 0.1) is 5.82 Å². The number of halogens is 1. The van der Waals surface area contributed by atoms with Gasteiger partial charge >= 0.3 is 6.09 Å². The molecule has 36 heavy (non-hydrogen) atoms. The third-order valence-electron chi connectivity index (χ3n) is 5.53. The molecular weight excluding hydrogens is 461 g/mol. The first kappa shape index (κ1) is 24.6. The van der Waals surface area contributed by atoms with Gasteiger partial charge in [0.15, 0.2) is 11.5 Å². The highest BCUT2D eigenvalue weighted by atomic mass is 19.1. The van der Waals surface area contributed by atoms with Crippen LogP contribution in [-0.4, -0.2) is 42.1 Å². The van der Waals surface area contributed by atoms with E-state index >= 15 is 0 Å². The Bertz CT molecular complexity index is 1350. The molecule has 2 heterocycles. The number of anilines is 2. The molecule has 2 aromatic heterocycles. The molecule has 0 bridgehead atoms. The molecule has 184 valence electrons. The normalized spacial score (nSPS) is 10.6. The lowest BCUT2D eigenvalue weighted by atomic mass is 10.1. The molecule has 0 aliphatic rings. The third-order valence-corrected chi connectivity index (χ3v) is 5.53. The van der Waals surface area contributed by atoms with Crippen LogP contribution in [0.5, 0.6) is 0 Å². The summed E-state index contributed by atoms with van der Waals surface area (Å²) in [6.07, 6.45) is 3.26. The Labute approximate surface area is 208 Å². The smallest absolute Gasteiger partial charge is 0.407 e. The lowest BCUT2D eigenvalue weighted by Gasteiger charge is -2.21. The number of benzene rings is 2. The van der Waals surface area contributed by atoms with Gasteiger partial charge in [-0.1, -0.05) is 42.5 Å². The highest BCUT2D eigenvalue weighted by Gasteiger charge is 2.16. The van der Waals surface area contributed by atoms with Crippen LogP contribution in [0.25, 0.3) is 10.9 Å². The summed E-state index contributed by atoms with van der Waals surface area (Å²) in [5.41, 5.74) is 2.59. The first-order valence-corrected chi connectivity index (χ1v) is 11.5. The van der Waals surface area contributed by atoms with Crippen LogP contribution in [0.2, 0.25) is 0 Å². The minimum absolute atomic E-state index is 0.224. The van der Waals surface area contributed by atoms with Crippen molar-refractivity contribution in [1.82, 2.24) is 15.3 Å². The van der Waals surface area contributed by atoms with Crippen LogP contribution >= 0.6 is 0 Å². The molecule has 9 heteroatoms. The van der Waals surface area contributed by atoms with Crippen molar-refractivity contribution in [2.24, 2.45) is 0 Å². The highest BCUT2D eigenvalue weighted by Crippen LogP contribution is 2.29. The number of ether oxygens (including phenoxy) is 1. The number of rotatable bonds is 9. The number of carbonyl (C=O) groups excluding carboxylic acids is 2. The summed E-state index contributed by atoms with van der Waals surface area (Å²) in [6.45, 7) is 1.34. The molecule has 0 atom stereocenters. The molecule has 0 saturated heterocycles. The lowest BCUT2D eigenvalue weighted by molar-refractivity contribution is 0.101. The van der Waals surface area contributed by atoms with Crippen LogP contribution in [0.1, 0.15) is 22.5 Å². The number of amides is 2. The van der Waals surface area contributed by atoms with Crippen LogP contribution in [0.3, 0.4) is 0 Å². The number of para-hydroxylation sites is 1. The summed E-state index contributed by atoms with van der Waals surface area (Å²) < 4.78 is 19.2. The maximum Gasteiger partial charge on any atom is 0.407 e. The SMILES string of the molecule is CN(CCCNC(=O)OCc1ccccc1)c1ccnc2c(NC(=O)c3ncccc3F)cccc12. The third kappa shape index (κ3) is 6.12. The maximum atomic E-state index is 14.0. The highest BCUT2D eigenvalue weighted by molar-refractivity contribution is 6.09. The molecule has 0 spiro atoms. The van der Waals surface area contributed by atoms with Crippen LogP contribution in [0.4, 0.5) is 20.6 Å². The van der Waals surface area contributed by atoms with E-state index in [4.69, 9.17) is 4.74 Å². The van der Waals surface area contributed by atoms with E-state index in [9.17, 15) is 14.0 Å². The molecule has 0 aliphatic heterocycles. The Balaban J connectivity index is 1.34. The fourth-order valence-electron chi connectivity index (χ4n) is 3.73. The average molecular weight is 488 g/mol. The van der Waals surface area contributed by atoms with Crippen molar-refractivity contribution in [3.05, 3.63) is 96.2 Å². The first-order chi connectivity index (χ1) is 17.5. The number of hydrogen-bond acceptors (Lipinski definition) is 6. The van der Waals surface area contributed by atoms with Gasteiger partial charge in [0.05, 0.1) is 11.2 Å². The zero-order chi connectivity index (χ0) is 25.3. The van der Waals surface area contributed by atoms with Crippen molar-refractivity contribution in [2.45, 2.75) is 13.0 Å². The number of pyridine rings is 2. The van der Waals surface area contributed by atoms with Crippen LogP contribution in [0.15, 0.2) is 79.1 Å². The predicted octanol–water partition coefficient (Wildman–Crippen LogP) is 4.77. The van der Waals surface area contributed by atoms with Gasteiger partial charge in [-0.15, -0.1) is 0 Å². The number of nitrogens with one attached hydrogen (secondary N) is 2. The molecule has 0 saturated carbocycles. The number of carbonyl (C=O) groups is 2. The summed E-state index contributed by atoms with van der Waals surface area (Å²) in [7, 11) is 1.94. The Kier molecular flexibility index (Phi) is 8.02. The Morgan fingerprint density at radius 3 is 2.61 bits per heavy atom. The van der Waals surface area contributed by atoms with Crippen molar-refractivity contribution >= 4 is 34.3 Å². The van der Waals surface area contributed by atoms with E-state index in [0.29, 0.717) is 30.7 Å². The summed E-state index contributed by atoms with van der Waals surface area (Å²) in [6, 6.07) is 19.4. The molecule has 2 aromatic carbocycles. The summed E-state index contributed by atoms with van der Waals surface area (Å²) in [5, 5.41) is 6.30. The van der Waals surface area contributed by atoms with Crippen LogP contribution < -0.4 is 15.5 Å². The zero-order valence-electron chi connectivity index (χ0n) is 19.8. The molecule has 8 nitrogen and oxygen atoms in total. The fraction of sp³-hybridized carbons (Fsp3) is 0.185. The lowest BCUT2D eigenvalue weighted by Crippen LogP contribution is -2.28. The number of alkyl carbamates (subject to hydrolysis) is 1. The zero-order valence-corrected chi connectivity index (χ0v) is 19.8. The second-order valence-corrected chi connectivity index (χ2v) is 8.08. The van der Waals surface area contributed by atoms with Gasteiger partial charge in [0.25, 0.3) is 5.91 Å². The second-order valence-electron chi connectivity index (χ2n) is 8.08. The number of hydrogen-bond donors (Lipinski definition) is 2. The van der Waals surface area contributed by atoms with E-state index < -0.39 is 17.8 Å². The Hall–Kier alpha value is -4.53. The van der Waals surface area contributed by atoms with E-state index in [1.807, 2.05) is 54.4 Å². The van der Waals surface area contributed by atoms with Crippen molar-refractivity contribution in [3.63, 3.8) is 0 Å². The van der Waals surface area contributed by atoms with E-state index in [-0.39, 0.29) is 12.3 Å². The van der Waals surface area contributed by atoms with Crippen molar-refractivity contribution in [2.75, 3.05) is 30.4 Å². The van der Waals surface area contributed by atoms with Crippen LogP contribution in [-0.2, 0) is 11.3 Å². The number of aromatic nitrogens is 2. The largest absolute Gasteiger partial charge is 0.445 e. The number of nitrogens with zero attached hydrogens (tertiary/aromatic N) is 3. The summed E-state index contributed by atoms with van der Waals surface area (Å²) in [4.78, 5) is 34.8. The van der Waals surface area contributed by atoms with E-state index in [0.717, 1.165) is 16.6 Å². The van der Waals surface area contributed by atoms with Crippen molar-refractivity contribution in [3.8, 4) is 0 Å². The molecule has 4 aromatic rings. The molecular formula is C27H26FN5O3. The van der Waals surface area contributed by atoms with Gasteiger partial charge in [-0.25, -0.2) is 14.2 Å². The molecule has 0 aliphatic carbocycles. The summed E-state index contributed by atoms with van der Waals surface area (Å²) in [5.74, 6) is -1.34. The number of fused-ring (bicyclic) bond motifs is 1. The van der Waals surface area contributed by atoms with Gasteiger partial charge in [0.2, 0.25) is 0 Å². The van der Waals surface area contributed by atoms with Gasteiger partial charge in [-0.3, -0.25) is 9.78 Å². The Morgan fingerprint density at radius 2 is 1.81 bits per heavy atom. The fourth-order valence-corrected chi connectivity index (χ4v) is 3.73. The van der Waals surface area contributed by atoms with E-state index in [2.05, 4.69) is 20.6 Å². The summed E-state index contributed by atoms with van der Waals surface area (Å²) >= 11 is 0. The second kappa shape index (κ2) is 11.7. The van der Waals surface area contributed by atoms with E-state index in [1.165, 1.54) is 18.3 Å². The van der Waals surface area contributed by atoms with Crippen molar-refractivity contribution < 1.29 is 18.7 Å². The van der Waals surface area contributed by atoms with Gasteiger partial charge < -0.3 is 20.3 Å². The van der Waals surface area contributed by atoms with Crippen molar-refractivity contribution in [1.29, 1.82) is 0 Å². The predicted molar refractivity (Wildman–Crippen MR) is 136 cm³/mol.